The average molecular weight is 530 g/mol. The molecule has 0 fully saturated rings. The van der Waals surface area contributed by atoms with Gasteiger partial charge in [0.25, 0.3) is 5.56 Å². The Morgan fingerprint density at radius 1 is 1.18 bits per heavy atom. The molecule has 172 valence electrons. The van der Waals surface area contributed by atoms with Crippen LogP contribution in [0.25, 0.3) is 0 Å². The summed E-state index contributed by atoms with van der Waals surface area (Å²) in [6.45, 7) is 3.86. The van der Waals surface area contributed by atoms with Crippen LogP contribution in [-0.4, -0.2) is 23.1 Å². The van der Waals surface area contributed by atoms with Crippen molar-refractivity contribution in [1.82, 2.24) is 9.55 Å². The van der Waals surface area contributed by atoms with Gasteiger partial charge in [-0.2, -0.15) is 10.2 Å². The van der Waals surface area contributed by atoms with Gasteiger partial charge in [-0.1, -0.05) is 48.3 Å². The van der Waals surface area contributed by atoms with E-state index in [0.29, 0.717) is 40.7 Å². The van der Waals surface area contributed by atoms with Gasteiger partial charge < -0.3 is 5.11 Å². The molecular formula is C24H24BrN3O4S. The number of nitriles is 1. The van der Waals surface area contributed by atoms with Crippen LogP contribution in [0.2, 0.25) is 0 Å². The van der Waals surface area contributed by atoms with E-state index in [1.54, 1.807) is 36.4 Å². The lowest BCUT2D eigenvalue weighted by Gasteiger charge is -2.23. The Labute approximate surface area is 201 Å². The molecule has 7 nitrogen and oxygen atoms in total. The molecule has 0 aliphatic carbocycles. The van der Waals surface area contributed by atoms with Crippen molar-refractivity contribution in [2.45, 2.75) is 55.4 Å². The minimum Gasteiger partial charge on any atom is -0.492 e. The number of benzene rings is 2. The molecule has 3 aromatic rings. The fourth-order valence-corrected chi connectivity index (χ4v) is 5.34. The second-order valence-corrected chi connectivity index (χ2v) is 10.4. The minimum absolute atomic E-state index is 0.118. The first-order valence-corrected chi connectivity index (χ1v) is 12.9. The first-order chi connectivity index (χ1) is 15.7. The summed E-state index contributed by atoms with van der Waals surface area (Å²) in [7, 11) is -4.33. The van der Waals surface area contributed by atoms with Crippen LogP contribution in [0.3, 0.4) is 0 Å². The Morgan fingerprint density at radius 2 is 1.88 bits per heavy atom. The Morgan fingerprint density at radius 3 is 2.48 bits per heavy atom. The summed E-state index contributed by atoms with van der Waals surface area (Å²) in [6.07, 6.45) is 2.39. The van der Waals surface area contributed by atoms with Crippen LogP contribution in [0, 0.1) is 11.3 Å². The predicted octanol–water partition coefficient (Wildman–Crippen LogP) is 4.76. The van der Waals surface area contributed by atoms with E-state index in [-0.39, 0.29) is 4.90 Å². The normalized spacial score (nSPS) is 12.3. The highest BCUT2D eigenvalue weighted by molar-refractivity contribution is 9.10. The monoisotopic (exact) mass is 529 g/mol. The van der Waals surface area contributed by atoms with Gasteiger partial charge in [0, 0.05) is 10.9 Å². The number of aromatic nitrogens is 2. The highest BCUT2D eigenvalue weighted by Crippen LogP contribution is 2.29. The van der Waals surface area contributed by atoms with Crippen molar-refractivity contribution < 1.29 is 13.5 Å². The molecule has 0 spiro atoms. The van der Waals surface area contributed by atoms with Gasteiger partial charge >= 0.3 is 0 Å². The van der Waals surface area contributed by atoms with Crippen molar-refractivity contribution in [1.29, 1.82) is 5.26 Å². The maximum Gasteiger partial charge on any atom is 0.277 e. The molecule has 0 aliphatic heterocycles. The van der Waals surface area contributed by atoms with Gasteiger partial charge in [-0.3, -0.25) is 9.36 Å². The number of aryl methyl sites for hydroxylation is 1. The Bertz CT molecular complexity index is 1360. The molecule has 33 heavy (non-hydrogen) atoms. The zero-order valence-corrected chi connectivity index (χ0v) is 20.7. The van der Waals surface area contributed by atoms with Crippen LogP contribution in [-0.2, 0) is 16.3 Å². The van der Waals surface area contributed by atoms with E-state index in [2.05, 4.69) is 27.0 Å². The lowest BCUT2D eigenvalue weighted by molar-refractivity contribution is 0.406. The number of hydrogen-bond acceptors (Lipinski definition) is 6. The molecule has 0 amide bonds. The minimum atomic E-state index is -4.33. The van der Waals surface area contributed by atoms with E-state index in [0.717, 1.165) is 6.42 Å². The Kier molecular flexibility index (Phi) is 7.72. The first kappa shape index (κ1) is 24.7. The van der Waals surface area contributed by atoms with Crippen molar-refractivity contribution in [3.05, 3.63) is 80.3 Å². The smallest absolute Gasteiger partial charge is 0.277 e. The van der Waals surface area contributed by atoms with Crippen LogP contribution in [0.5, 0.6) is 5.88 Å². The molecule has 0 aliphatic rings. The average Bonchev–Trinajstić information content (AvgIpc) is 2.80. The molecule has 9 heteroatoms. The molecule has 3 rings (SSSR count). The molecular weight excluding hydrogens is 506 g/mol. The van der Waals surface area contributed by atoms with E-state index in [1.807, 2.05) is 13.8 Å². The van der Waals surface area contributed by atoms with Gasteiger partial charge in [0.05, 0.1) is 22.6 Å². The Balaban J connectivity index is 2.30. The number of rotatable bonds is 8. The summed E-state index contributed by atoms with van der Waals surface area (Å²) >= 11 is 3.26. The molecule has 1 N–H and O–H groups in total. The summed E-state index contributed by atoms with van der Waals surface area (Å²) in [5.41, 5.74) is 0.296. The zero-order valence-electron chi connectivity index (χ0n) is 18.3. The fourth-order valence-electron chi connectivity index (χ4n) is 3.73. The summed E-state index contributed by atoms with van der Waals surface area (Å²) in [6, 6.07) is 14.2. The Hall–Kier alpha value is -2.96. The number of aromatic hydroxyl groups is 1. The molecule has 1 atom stereocenters. The van der Waals surface area contributed by atoms with E-state index < -0.39 is 32.2 Å². The molecule has 0 unspecified atom stereocenters. The SMILES string of the molecule is CCCCc1nc(O)c(S(=O)(=O)c2ccc(Br)cc2)c(=O)n1[C@@H](CC)c1cccc(C#N)c1. The molecule has 0 saturated heterocycles. The summed E-state index contributed by atoms with van der Waals surface area (Å²) in [5, 5.41) is 19.9. The molecule has 0 bridgehead atoms. The number of nitrogens with zero attached hydrogens (tertiary/aromatic N) is 3. The van der Waals surface area contributed by atoms with Gasteiger partial charge in [-0.05, 0) is 54.8 Å². The zero-order chi connectivity index (χ0) is 24.2. The first-order valence-electron chi connectivity index (χ1n) is 10.6. The highest BCUT2D eigenvalue weighted by Gasteiger charge is 2.31. The standard InChI is InChI=1S/C24H24BrN3O4S/c1-3-5-9-21-27-23(29)22(33(31,32)19-12-10-18(25)11-13-19)24(30)28(21)20(4-2)17-8-6-7-16(14-17)15-26/h6-8,10-14,20,29H,3-5,9H2,1-2H3/t20-/m0/s1. The summed E-state index contributed by atoms with van der Waals surface area (Å²) in [5.74, 6) is -0.491. The number of sulfone groups is 1. The lowest BCUT2D eigenvalue weighted by atomic mass is 10.0. The van der Waals surface area contributed by atoms with Crippen molar-refractivity contribution in [2.24, 2.45) is 0 Å². The number of unbranched alkanes of at least 4 members (excludes halogenated alkanes) is 1. The third-order valence-corrected chi connectivity index (χ3v) is 7.69. The van der Waals surface area contributed by atoms with Crippen LogP contribution < -0.4 is 5.56 Å². The van der Waals surface area contributed by atoms with E-state index in [1.165, 1.54) is 16.7 Å². The maximum absolute atomic E-state index is 13.7. The second-order valence-electron chi connectivity index (χ2n) is 7.58. The van der Waals surface area contributed by atoms with Gasteiger partial charge in [0.15, 0.2) is 4.90 Å². The summed E-state index contributed by atoms with van der Waals surface area (Å²) < 4.78 is 28.7. The van der Waals surface area contributed by atoms with Crippen molar-refractivity contribution >= 4 is 25.8 Å². The van der Waals surface area contributed by atoms with E-state index in [4.69, 9.17) is 0 Å². The third kappa shape index (κ3) is 5.02. The molecule has 0 radical (unpaired) electrons. The quantitative estimate of drug-likeness (QED) is 0.450. The van der Waals surface area contributed by atoms with Crippen LogP contribution >= 0.6 is 15.9 Å². The topological polar surface area (TPSA) is 113 Å². The van der Waals surface area contributed by atoms with Gasteiger partial charge in [-0.15, -0.1) is 0 Å². The second kappa shape index (κ2) is 10.3. The van der Waals surface area contributed by atoms with Crippen LogP contribution in [0.15, 0.2) is 67.6 Å². The van der Waals surface area contributed by atoms with Crippen molar-refractivity contribution in [3.63, 3.8) is 0 Å². The van der Waals surface area contributed by atoms with Gasteiger partial charge in [0.1, 0.15) is 5.82 Å². The fraction of sp³-hybridized carbons (Fsp3) is 0.292. The summed E-state index contributed by atoms with van der Waals surface area (Å²) in [4.78, 5) is 17.0. The van der Waals surface area contributed by atoms with E-state index >= 15 is 0 Å². The van der Waals surface area contributed by atoms with Gasteiger partial charge in [-0.25, -0.2) is 8.42 Å². The van der Waals surface area contributed by atoms with Gasteiger partial charge in [0.2, 0.25) is 15.7 Å². The van der Waals surface area contributed by atoms with E-state index in [9.17, 15) is 23.6 Å². The molecule has 1 heterocycles. The number of hydrogen-bond donors (Lipinski definition) is 1. The lowest BCUT2D eigenvalue weighted by Crippen LogP contribution is -2.33. The highest BCUT2D eigenvalue weighted by atomic mass is 79.9. The predicted molar refractivity (Wildman–Crippen MR) is 128 cm³/mol. The number of halogens is 1. The molecule has 1 aromatic heterocycles. The van der Waals surface area contributed by atoms with Crippen molar-refractivity contribution in [3.8, 4) is 11.9 Å². The molecule has 2 aromatic carbocycles. The maximum atomic E-state index is 13.7. The van der Waals surface area contributed by atoms with Crippen LogP contribution in [0.4, 0.5) is 0 Å². The largest absolute Gasteiger partial charge is 0.492 e. The van der Waals surface area contributed by atoms with Crippen LogP contribution in [0.1, 0.15) is 56.1 Å². The van der Waals surface area contributed by atoms with Crippen molar-refractivity contribution in [2.75, 3.05) is 0 Å². The third-order valence-electron chi connectivity index (χ3n) is 5.37. The molecule has 0 saturated carbocycles.